The smallest absolute Gasteiger partial charge is 0.337 e. The molecule has 4 atom stereocenters. The first-order valence-electron chi connectivity index (χ1n) is 11.8. The van der Waals surface area contributed by atoms with Gasteiger partial charge < -0.3 is 9.30 Å². The predicted octanol–water partition coefficient (Wildman–Crippen LogP) is 3.57. The van der Waals surface area contributed by atoms with Gasteiger partial charge in [0.15, 0.2) is 5.78 Å². The molecule has 1 unspecified atom stereocenters. The summed E-state index contributed by atoms with van der Waals surface area (Å²) < 4.78 is 6.82. The zero-order chi connectivity index (χ0) is 24.9. The van der Waals surface area contributed by atoms with Gasteiger partial charge in [-0.15, -0.1) is 0 Å². The van der Waals surface area contributed by atoms with Crippen LogP contribution in [0.5, 0.6) is 0 Å². The number of benzene rings is 1. The highest BCUT2D eigenvalue weighted by molar-refractivity contribution is 5.90. The first-order valence-corrected chi connectivity index (χ1v) is 11.8. The van der Waals surface area contributed by atoms with Crippen molar-refractivity contribution >= 4 is 11.8 Å². The predicted molar refractivity (Wildman–Crippen MR) is 127 cm³/mol. The van der Waals surface area contributed by atoms with Gasteiger partial charge in [0, 0.05) is 23.9 Å². The topological polar surface area (TPSA) is 111 Å². The van der Waals surface area contributed by atoms with E-state index in [2.05, 4.69) is 11.1 Å². The molecular formula is C27H27N5O3. The number of ether oxygens (including phenoxy) is 1. The molecule has 8 heteroatoms. The Labute approximate surface area is 204 Å². The van der Waals surface area contributed by atoms with Crippen LogP contribution in [0.1, 0.15) is 52.8 Å². The van der Waals surface area contributed by atoms with Crippen molar-refractivity contribution in [3.63, 3.8) is 0 Å². The van der Waals surface area contributed by atoms with Crippen molar-refractivity contribution in [2.45, 2.75) is 38.5 Å². The number of esters is 1. The number of nitrogens with zero attached hydrogens (tertiary/aromatic N) is 5. The van der Waals surface area contributed by atoms with Gasteiger partial charge in [0.1, 0.15) is 11.7 Å². The highest BCUT2D eigenvalue weighted by Crippen LogP contribution is 2.56. The van der Waals surface area contributed by atoms with Gasteiger partial charge in [0.2, 0.25) is 0 Å². The third-order valence-corrected chi connectivity index (χ3v) is 7.84. The minimum Gasteiger partial charge on any atom is -0.465 e. The van der Waals surface area contributed by atoms with Crippen molar-refractivity contribution in [1.82, 2.24) is 19.5 Å². The van der Waals surface area contributed by atoms with Crippen molar-refractivity contribution in [2.75, 3.05) is 7.11 Å². The van der Waals surface area contributed by atoms with Crippen molar-refractivity contribution in [3.05, 3.63) is 65.0 Å². The van der Waals surface area contributed by atoms with Crippen LogP contribution in [0, 0.1) is 36.0 Å². The summed E-state index contributed by atoms with van der Waals surface area (Å²) in [6.07, 6.45) is 5.41. The molecule has 0 amide bonds. The van der Waals surface area contributed by atoms with Gasteiger partial charge in [0.25, 0.3) is 0 Å². The molecule has 2 aromatic heterocycles. The second kappa shape index (κ2) is 8.42. The van der Waals surface area contributed by atoms with E-state index in [0.29, 0.717) is 17.8 Å². The molecule has 178 valence electrons. The summed E-state index contributed by atoms with van der Waals surface area (Å²) in [6, 6.07) is 9.61. The maximum Gasteiger partial charge on any atom is 0.337 e. The number of aryl methyl sites for hydroxylation is 2. The second-order valence-corrected chi connectivity index (χ2v) is 9.60. The number of ketones is 1. The summed E-state index contributed by atoms with van der Waals surface area (Å²) in [7, 11) is 3.29. The first-order chi connectivity index (χ1) is 16.8. The Hall–Kier alpha value is -3.86. The fraction of sp³-hybridized carbons (Fsp3) is 0.407. The third kappa shape index (κ3) is 3.37. The fourth-order valence-electron chi connectivity index (χ4n) is 6.18. The molecule has 1 saturated carbocycles. The van der Waals surface area contributed by atoms with Gasteiger partial charge in [-0.2, -0.15) is 5.26 Å². The summed E-state index contributed by atoms with van der Waals surface area (Å²) in [5, 5.41) is 9.95. The second-order valence-electron chi connectivity index (χ2n) is 9.60. The van der Waals surface area contributed by atoms with Gasteiger partial charge in [-0.25, -0.2) is 19.7 Å². The van der Waals surface area contributed by atoms with Crippen LogP contribution in [0.2, 0.25) is 0 Å². The Morgan fingerprint density at radius 2 is 2.00 bits per heavy atom. The average Bonchev–Trinajstić information content (AvgIpc) is 3.30. The molecule has 5 rings (SSSR count). The van der Waals surface area contributed by atoms with Crippen molar-refractivity contribution in [2.24, 2.45) is 24.8 Å². The third-order valence-electron chi connectivity index (χ3n) is 7.84. The van der Waals surface area contributed by atoms with E-state index >= 15 is 0 Å². The number of carbonyl (C=O) groups is 2. The lowest BCUT2D eigenvalue weighted by molar-refractivity contribution is -0.131. The monoisotopic (exact) mass is 469 g/mol. The van der Waals surface area contributed by atoms with Crippen LogP contribution in [0.4, 0.5) is 0 Å². The number of Topliss-reactive ketones (excluding diaryl/α,β-unsaturated/α-hetero) is 1. The van der Waals surface area contributed by atoms with Crippen molar-refractivity contribution < 1.29 is 14.3 Å². The number of hydrogen-bond donors (Lipinski definition) is 0. The quantitative estimate of drug-likeness (QED) is 0.539. The van der Waals surface area contributed by atoms with Crippen molar-refractivity contribution in [1.29, 1.82) is 5.26 Å². The normalized spacial score (nSPS) is 25.3. The van der Waals surface area contributed by atoms with Crippen LogP contribution in [0.15, 0.2) is 36.8 Å². The fourth-order valence-corrected chi connectivity index (χ4v) is 6.18. The lowest BCUT2D eigenvalue weighted by Gasteiger charge is -2.51. The van der Waals surface area contributed by atoms with E-state index in [9.17, 15) is 14.9 Å². The minimum absolute atomic E-state index is 0.000363. The number of rotatable bonds is 3. The molecule has 1 fully saturated rings. The SMILES string of the molecule is COC(=O)c1ccc([C@]23CC(C#N)C(=O)[C@@H](C)[C@@H]2CCc2c(-c4cncn4C)nc(C)nc23)cc1. The lowest BCUT2D eigenvalue weighted by atomic mass is 9.50. The van der Waals surface area contributed by atoms with E-state index in [-0.39, 0.29) is 17.6 Å². The zero-order valence-electron chi connectivity index (χ0n) is 20.3. The van der Waals surface area contributed by atoms with E-state index in [1.54, 1.807) is 24.7 Å². The highest BCUT2D eigenvalue weighted by Gasteiger charge is 2.56. The Morgan fingerprint density at radius 1 is 1.26 bits per heavy atom. The van der Waals surface area contributed by atoms with Crippen LogP contribution >= 0.6 is 0 Å². The molecular weight excluding hydrogens is 442 g/mol. The standard InChI is InChI=1S/C27H27N5O3/c1-15-21-10-9-20-23(22-13-29-14-32(22)3)30-16(2)31-25(20)27(21,11-18(12-28)24(15)33)19-7-5-17(6-8-19)26(34)35-4/h5-8,13-15,18,21H,9-11H2,1-4H3/t15-,18?,21-,27+/m0/s1. The Kier molecular flexibility index (Phi) is 5.51. The Bertz CT molecular complexity index is 1370. The summed E-state index contributed by atoms with van der Waals surface area (Å²) >= 11 is 0. The summed E-state index contributed by atoms with van der Waals surface area (Å²) in [6.45, 7) is 3.81. The molecule has 2 aliphatic carbocycles. The van der Waals surface area contributed by atoms with E-state index in [1.807, 2.05) is 37.6 Å². The molecule has 2 heterocycles. The lowest BCUT2D eigenvalue weighted by Crippen LogP contribution is -2.53. The molecule has 0 radical (unpaired) electrons. The van der Waals surface area contributed by atoms with Gasteiger partial charge in [-0.3, -0.25) is 4.79 Å². The van der Waals surface area contributed by atoms with Crippen LogP contribution in [-0.2, 0) is 28.4 Å². The molecule has 0 N–H and O–H groups in total. The molecule has 1 aromatic carbocycles. The number of methoxy groups -OCH3 is 1. The minimum atomic E-state index is -0.733. The van der Waals surface area contributed by atoms with Crippen molar-refractivity contribution in [3.8, 4) is 17.5 Å². The first kappa shape index (κ1) is 22.9. The number of hydrogen-bond acceptors (Lipinski definition) is 7. The number of fused-ring (bicyclic) bond motifs is 3. The van der Waals surface area contributed by atoms with Crippen LogP contribution in [0.25, 0.3) is 11.4 Å². The van der Waals surface area contributed by atoms with Gasteiger partial charge in [0.05, 0.1) is 48.3 Å². The molecule has 0 spiro atoms. The Balaban J connectivity index is 1.80. The zero-order valence-corrected chi connectivity index (χ0v) is 20.3. The maximum absolute atomic E-state index is 13.1. The van der Waals surface area contributed by atoms with E-state index < -0.39 is 17.3 Å². The maximum atomic E-state index is 13.1. The summed E-state index contributed by atoms with van der Waals surface area (Å²) in [5.41, 5.74) is 4.40. The number of nitriles is 1. The number of imidazole rings is 1. The largest absolute Gasteiger partial charge is 0.465 e. The Morgan fingerprint density at radius 3 is 2.63 bits per heavy atom. The molecule has 0 saturated heterocycles. The molecule has 35 heavy (non-hydrogen) atoms. The van der Waals surface area contributed by atoms with E-state index in [0.717, 1.165) is 41.1 Å². The summed E-state index contributed by atoms with van der Waals surface area (Å²) in [5.74, 6) is -0.831. The summed E-state index contributed by atoms with van der Waals surface area (Å²) in [4.78, 5) is 39.3. The van der Waals surface area contributed by atoms with Crippen LogP contribution in [0.3, 0.4) is 0 Å². The molecule has 0 aliphatic heterocycles. The van der Waals surface area contributed by atoms with Gasteiger partial charge >= 0.3 is 5.97 Å². The van der Waals surface area contributed by atoms with Crippen LogP contribution < -0.4 is 0 Å². The number of aromatic nitrogens is 4. The van der Waals surface area contributed by atoms with Gasteiger partial charge in [-0.05, 0) is 49.8 Å². The number of carbonyl (C=O) groups excluding carboxylic acids is 2. The molecule has 0 bridgehead atoms. The molecule has 2 aliphatic rings. The molecule has 8 nitrogen and oxygen atoms in total. The highest BCUT2D eigenvalue weighted by atomic mass is 16.5. The van der Waals surface area contributed by atoms with Crippen LogP contribution in [-0.4, -0.2) is 38.4 Å². The molecule has 3 aromatic rings. The average molecular weight is 470 g/mol. The van der Waals surface area contributed by atoms with E-state index in [4.69, 9.17) is 14.7 Å². The van der Waals surface area contributed by atoms with E-state index in [1.165, 1.54) is 7.11 Å². The van der Waals surface area contributed by atoms with Gasteiger partial charge in [-0.1, -0.05) is 19.1 Å².